The van der Waals surface area contributed by atoms with Crippen LogP contribution in [0.2, 0.25) is 0 Å². The van der Waals surface area contributed by atoms with Gasteiger partial charge < -0.3 is 20.3 Å². The minimum absolute atomic E-state index is 0.687. The van der Waals surface area contributed by atoms with Crippen molar-refractivity contribution in [2.75, 3.05) is 40.8 Å². The first-order valence-electron chi connectivity index (χ1n) is 9.67. The van der Waals surface area contributed by atoms with Crippen LogP contribution in [0.1, 0.15) is 37.7 Å². The summed E-state index contributed by atoms with van der Waals surface area (Å²) in [5.41, 5.74) is 2.73. The van der Waals surface area contributed by atoms with E-state index in [4.69, 9.17) is 4.74 Å². The fraction of sp³-hybridized carbons (Fsp3) is 0.571. The first-order valence-corrected chi connectivity index (χ1v) is 9.67. The summed E-state index contributed by atoms with van der Waals surface area (Å²) in [5.74, 6) is 1.77. The third-order valence-corrected chi connectivity index (χ3v) is 4.56. The highest BCUT2D eigenvalue weighted by Gasteiger charge is 2.06. The lowest BCUT2D eigenvalue weighted by Gasteiger charge is -2.17. The van der Waals surface area contributed by atoms with Gasteiger partial charge in [-0.3, -0.25) is 4.99 Å². The molecule has 5 heteroatoms. The Kier molecular flexibility index (Phi) is 9.04. The molecule has 0 bridgehead atoms. The van der Waals surface area contributed by atoms with E-state index in [0.29, 0.717) is 13.2 Å². The molecule has 0 aliphatic heterocycles. The van der Waals surface area contributed by atoms with Gasteiger partial charge in [-0.1, -0.05) is 29.8 Å². The molecule has 0 heterocycles. The van der Waals surface area contributed by atoms with Crippen molar-refractivity contribution in [1.82, 2.24) is 15.5 Å². The van der Waals surface area contributed by atoms with Crippen LogP contribution in [0.25, 0.3) is 0 Å². The lowest BCUT2D eigenvalue weighted by Crippen LogP contribution is -2.37. The van der Waals surface area contributed by atoms with Crippen LogP contribution in [0, 0.1) is 0 Å². The van der Waals surface area contributed by atoms with Gasteiger partial charge in [-0.2, -0.15) is 0 Å². The summed E-state index contributed by atoms with van der Waals surface area (Å²) in [7, 11) is 5.92. The summed E-state index contributed by atoms with van der Waals surface area (Å²) in [4.78, 5) is 6.45. The van der Waals surface area contributed by atoms with E-state index in [1.165, 1.54) is 25.7 Å². The third kappa shape index (κ3) is 7.48. The highest BCUT2D eigenvalue weighted by molar-refractivity contribution is 5.79. The molecule has 1 aliphatic carbocycles. The van der Waals surface area contributed by atoms with Crippen LogP contribution in [0.4, 0.5) is 0 Å². The standard InChI is InChI=1S/C21H34N4O/c1-22-21(23-14-13-18-9-5-4-6-10-18)24-17-19-11-7-8-12-20(19)26-16-15-25(2)3/h7-9,11-12H,4-6,10,13-17H2,1-3H3,(H2,22,23,24). The van der Waals surface area contributed by atoms with Crippen molar-refractivity contribution in [3.63, 3.8) is 0 Å². The molecule has 0 saturated carbocycles. The van der Waals surface area contributed by atoms with Crippen LogP contribution in [0.3, 0.4) is 0 Å². The Balaban J connectivity index is 1.77. The third-order valence-electron chi connectivity index (χ3n) is 4.56. The second-order valence-corrected chi connectivity index (χ2v) is 6.97. The second kappa shape index (κ2) is 11.6. The van der Waals surface area contributed by atoms with Crippen LogP contribution >= 0.6 is 0 Å². The monoisotopic (exact) mass is 358 g/mol. The van der Waals surface area contributed by atoms with Crippen LogP contribution in [0.15, 0.2) is 40.9 Å². The smallest absolute Gasteiger partial charge is 0.191 e. The minimum Gasteiger partial charge on any atom is -0.492 e. The zero-order valence-corrected chi connectivity index (χ0v) is 16.6. The lowest BCUT2D eigenvalue weighted by atomic mass is 9.97. The van der Waals surface area contributed by atoms with E-state index in [1.807, 2.05) is 25.2 Å². The van der Waals surface area contributed by atoms with E-state index >= 15 is 0 Å². The zero-order valence-electron chi connectivity index (χ0n) is 16.6. The SMILES string of the molecule is CN=C(NCCC1=CCCCC1)NCc1ccccc1OCCN(C)C. The summed E-state index contributed by atoms with van der Waals surface area (Å²) < 4.78 is 5.92. The average molecular weight is 359 g/mol. The molecule has 0 saturated heterocycles. The molecule has 0 unspecified atom stereocenters. The van der Waals surface area contributed by atoms with Gasteiger partial charge in [0.25, 0.3) is 0 Å². The van der Waals surface area contributed by atoms with Crippen LogP contribution in [0.5, 0.6) is 5.75 Å². The van der Waals surface area contributed by atoms with Gasteiger partial charge in [0, 0.05) is 32.2 Å². The van der Waals surface area contributed by atoms with Crippen molar-refractivity contribution >= 4 is 5.96 Å². The van der Waals surface area contributed by atoms with E-state index in [2.05, 4.69) is 46.8 Å². The molecule has 2 N–H and O–H groups in total. The number of nitrogens with one attached hydrogen (secondary N) is 2. The molecule has 0 amide bonds. The maximum atomic E-state index is 5.92. The first kappa shape index (κ1) is 20.3. The van der Waals surface area contributed by atoms with Crippen LogP contribution < -0.4 is 15.4 Å². The van der Waals surface area contributed by atoms with E-state index in [0.717, 1.165) is 36.8 Å². The Labute approximate surface area is 158 Å². The Morgan fingerprint density at radius 3 is 2.77 bits per heavy atom. The average Bonchev–Trinajstić information content (AvgIpc) is 2.66. The highest BCUT2D eigenvalue weighted by Crippen LogP contribution is 2.19. The van der Waals surface area contributed by atoms with Crippen molar-refractivity contribution in [1.29, 1.82) is 0 Å². The van der Waals surface area contributed by atoms with Gasteiger partial charge in [0.15, 0.2) is 5.96 Å². The summed E-state index contributed by atoms with van der Waals surface area (Å²) in [6.07, 6.45) is 8.69. The molecule has 2 rings (SSSR count). The molecule has 0 radical (unpaired) electrons. The number of para-hydroxylation sites is 1. The van der Waals surface area contributed by atoms with Gasteiger partial charge in [0.2, 0.25) is 0 Å². The maximum absolute atomic E-state index is 5.92. The number of hydrogen-bond acceptors (Lipinski definition) is 3. The number of nitrogens with zero attached hydrogens (tertiary/aromatic N) is 2. The fourth-order valence-electron chi connectivity index (χ4n) is 3.00. The highest BCUT2D eigenvalue weighted by atomic mass is 16.5. The van der Waals surface area contributed by atoms with Gasteiger partial charge in [0.05, 0.1) is 0 Å². The van der Waals surface area contributed by atoms with E-state index in [1.54, 1.807) is 5.57 Å². The van der Waals surface area contributed by atoms with E-state index < -0.39 is 0 Å². The van der Waals surface area contributed by atoms with E-state index in [9.17, 15) is 0 Å². The molecular formula is C21H34N4O. The van der Waals surface area contributed by atoms with Crippen molar-refractivity contribution in [3.05, 3.63) is 41.5 Å². The van der Waals surface area contributed by atoms with Crippen molar-refractivity contribution in [2.24, 2.45) is 4.99 Å². The Morgan fingerprint density at radius 1 is 1.19 bits per heavy atom. The normalized spacial score (nSPS) is 14.9. The van der Waals surface area contributed by atoms with Gasteiger partial charge >= 0.3 is 0 Å². The van der Waals surface area contributed by atoms with Crippen molar-refractivity contribution in [2.45, 2.75) is 38.6 Å². The Hall–Kier alpha value is -2.01. The van der Waals surface area contributed by atoms with Crippen LogP contribution in [-0.4, -0.2) is 51.7 Å². The second-order valence-electron chi connectivity index (χ2n) is 6.97. The van der Waals surface area contributed by atoms with Crippen molar-refractivity contribution < 1.29 is 4.74 Å². The number of hydrogen-bond donors (Lipinski definition) is 2. The Morgan fingerprint density at radius 2 is 2.04 bits per heavy atom. The molecule has 0 aromatic heterocycles. The van der Waals surface area contributed by atoms with E-state index in [-0.39, 0.29) is 0 Å². The number of allylic oxidation sites excluding steroid dienone is 1. The largest absolute Gasteiger partial charge is 0.492 e. The number of likely N-dealkylation sites (N-methyl/N-ethyl adjacent to an activating group) is 1. The number of guanidine groups is 1. The van der Waals surface area contributed by atoms with Gasteiger partial charge in [-0.25, -0.2) is 0 Å². The van der Waals surface area contributed by atoms with Crippen LogP contribution in [-0.2, 0) is 6.54 Å². The van der Waals surface area contributed by atoms with Gasteiger partial charge in [-0.05, 0) is 52.3 Å². The maximum Gasteiger partial charge on any atom is 0.191 e. The number of ether oxygens (including phenoxy) is 1. The van der Waals surface area contributed by atoms with Gasteiger partial charge in [0.1, 0.15) is 12.4 Å². The fourth-order valence-corrected chi connectivity index (χ4v) is 3.00. The first-order chi connectivity index (χ1) is 12.7. The zero-order chi connectivity index (χ0) is 18.6. The Bertz CT molecular complexity index is 595. The topological polar surface area (TPSA) is 48.9 Å². The van der Waals surface area contributed by atoms with Gasteiger partial charge in [-0.15, -0.1) is 0 Å². The molecule has 0 fully saturated rings. The summed E-state index contributed by atoms with van der Waals surface area (Å²) in [5, 5.41) is 6.81. The quantitative estimate of drug-likeness (QED) is 0.404. The minimum atomic E-state index is 0.687. The molecular weight excluding hydrogens is 324 g/mol. The molecule has 1 aliphatic rings. The number of rotatable bonds is 9. The molecule has 26 heavy (non-hydrogen) atoms. The predicted octanol–water partition coefficient (Wildman–Crippen LogP) is 3.18. The summed E-state index contributed by atoms with van der Waals surface area (Å²) in [6, 6.07) is 8.18. The molecule has 0 spiro atoms. The number of aliphatic imine (C=N–C) groups is 1. The van der Waals surface area contributed by atoms with Crippen molar-refractivity contribution in [3.8, 4) is 5.75 Å². The predicted molar refractivity (Wildman–Crippen MR) is 110 cm³/mol. The summed E-state index contributed by atoms with van der Waals surface area (Å²) in [6.45, 7) is 3.21. The number of benzene rings is 1. The summed E-state index contributed by atoms with van der Waals surface area (Å²) >= 11 is 0. The molecule has 1 aromatic carbocycles. The lowest BCUT2D eigenvalue weighted by molar-refractivity contribution is 0.259. The molecule has 144 valence electrons. The molecule has 5 nitrogen and oxygen atoms in total. The molecule has 0 atom stereocenters. The molecule has 1 aromatic rings.